The van der Waals surface area contributed by atoms with Gasteiger partial charge in [0.05, 0.1) is 24.9 Å². The molecule has 1 fully saturated rings. The quantitative estimate of drug-likeness (QED) is 0.502. The molecule has 3 aromatic rings. The second-order valence-corrected chi connectivity index (χ2v) is 7.99. The number of nitrogens with two attached hydrogens (primary N) is 1. The minimum atomic E-state index is -0.178. The summed E-state index contributed by atoms with van der Waals surface area (Å²) >= 11 is 6.33. The molecule has 10 heteroatoms. The Morgan fingerprint density at radius 3 is 2.84 bits per heavy atom. The van der Waals surface area contributed by atoms with Crippen molar-refractivity contribution in [2.75, 3.05) is 45.3 Å². The maximum Gasteiger partial charge on any atom is 0.315 e. The normalized spacial score (nSPS) is 15.8. The summed E-state index contributed by atoms with van der Waals surface area (Å²) in [6, 6.07) is 7.56. The molecule has 2 aromatic heterocycles. The minimum Gasteiger partial charge on any atom is -0.496 e. The Morgan fingerprint density at radius 2 is 2.09 bits per heavy atom. The fraction of sp³-hybridized carbons (Fsp3) is 0.364. The van der Waals surface area contributed by atoms with Crippen LogP contribution in [0, 0.1) is 0 Å². The van der Waals surface area contributed by atoms with E-state index in [4.69, 9.17) is 31.8 Å². The second kappa shape index (κ2) is 9.54. The Balaban J connectivity index is 1.53. The molecule has 9 nitrogen and oxygen atoms in total. The molecular formula is C22H27ClN6O3. The van der Waals surface area contributed by atoms with Crippen molar-refractivity contribution in [1.29, 1.82) is 0 Å². The van der Waals surface area contributed by atoms with E-state index in [1.54, 1.807) is 26.4 Å². The van der Waals surface area contributed by atoms with Gasteiger partial charge in [0.25, 0.3) is 0 Å². The molecule has 1 aliphatic heterocycles. The van der Waals surface area contributed by atoms with Crippen molar-refractivity contribution < 1.29 is 14.3 Å². The predicted octanol–water partition coefficient (Wildman–Crippen LogP) is 2.51. The number of imidazole rings is 1. The average Bonchev–Trinajstić information content (AvgIpc) is 3.43. The number of anilines is 1. The van der Waals surface area contributed by atoms with Gasteiger partial charge >= 0.3 is 6.03 Å². The molecule has 32 heavy (non-hydrogen) atoms. The zero-order chi connectivity index (χ0) is 22.7. The van der Waals surface area contributed by atoms with Crippen LogP contribution in [0.3, 0.4) is 0 Å². The number of halogens is 1. The summed E-state index contributed by atoms with van der Waals surface area (Å²) in [5, 5.41) is 6.23. The van der Waals surface area contributed by atoms with Crippen LogP contribution in [0.1, 0.15) is 6.42 Å². The van der Waals surface area contributed by atoms with E-state index in [0.29, 0.717) is 29.6 Å². The third kappa shape index (κ3) is 4.53. The molecule has 2 amide bonds. The summed E-state index contributed by atoms with van der Waals surface area (Å²) in [6.07, 6.45) is 4.80. The number of methoxy groups -OCH3 is 2. The average molecular weight is 459 g/mol. The Labute approximate surface area is 191 Å². The summed E-state index contributed by atoms with van der Waals surface area (Å²) in [5.41, 5.74) is 8.83. The minimum absolute atomic E-state index is 0.0880. The monoisotopic (exact) mass is 458 g/mol. The smallest absolute Gasteiger partial charge is 0.315 e. The third-order valence-electron chi connectivity index (χ3n) is 5.51. The molecule has 0 bridgehead atoms. The molecule has 0 radical (unpaired) electrons. The fourth-order valence-corrected chi connectivity index (χ4v) is 4.13. The largest absolute Gasteiger partial charge is 0.496 e. The topological polar surface area (TPSA) is 106 Å². The SMILES string of the molecule is COc1cc(OC)c(-c2cn3ccc(N4CCC(NC(=O)NCCN)C4)cc3n2)cc1Cl. The fourth-order valence-electron chi connectivity index (χ4n) is 3.89. The van der Waals surface area contributed by atoms with E-state index in [1.165, 1.54) is 0 Å². The first-order chi connectivity index (χ1) is 15.5. The summed E-state index contributed by atoms with van der Waals surface area (Å²) < 4.78 is 12.8. The summed E-state index contributed by atoms with van der Waals surface area (Å²) in [6.45, 7) is 2.48. The van der Waals surface area contributed by atoms with Crippen LogP contribution >= 0.6 is 11.6 Å². The number of ether oxygens (including phenoxy) is 2. The van der Waals surface area contributed by atoms with Crippen LogP contribution in [0.5, 0.6) is 11.5 Å². The maximum atomic E-state index is 11.9. The Morgan fingerprint density at radius 1 is 1.28 bits per heavy atom. The van der Waals surface area contributed by atoms with Crippen LogP contribution in [-0.2, 0) is 0 Å². The predicted molar refractivity (Wildman–Crippen MR) is 125 cm³/mol. The number of carbonyl (C=O) groups is 1. The lowest BCUT2D eigenvalue weighted by atomic mass is 10.1. The number of nitrogens with one attached hydrogen (secondary N) is 2. The molecular weight excluding hydrogens is 432 g/mol. The lowest BCUT2D eigenvalue weighted by Crippen LogP contribution is -2.44. The lowest BCUT2D eigenvalue weighted by Gasteiger charge is -2.19. The number of pyridine rings is 1. The highest BCUT2D eigenvalue weighted by Crippen LogP contribution is 2.38. The molecule has 4 rings (SSSR count). The van der Waals surface area contributed by atoms with Gasteiger partial charge in [0.2, 0.25) is 0 Å². The van der Waals surface area contributed by atoms with Gasteiger partial charge in [-0.2, -0.15) is 0 Å². The highest BCUT2D eigenvalue weighted by molar-refractivity contribution is 6.32. The van der Waals surface area contributed by atoms with E-state index in [0.717, 1.165) is 42.1 Å². The van der Waals surface area contributed by atoms with E-state index in [-0.39, 0.29) is 12.1 Å². The molecule has 170 valence electrons. The second-order valence-electron chi connectivity index (χ2n) is 7.58. The maximum absolute atomic E-state index is 11.9. The first-order valence-electron chi connectivity index (χ1n) is 10.4. The number of fused-ring (bicyclic) bond motifs is 1. The molecule has 0 aliphatic carbocycles. The number of rotatable bonds is 7. The summed E-state index contributed by atoms with van der Waals surface area (Å²) in [5.74, 6) is 1.18. The van der Waals surface area contributed by atoms with Crippen LogP contribution in [0.15, 0.2) is 36.7 Å². The summed E-state index contributed by atoms with van der Waals surface area (Å²) in [7, 11) is 3.17. The van der Waals surface area contributed by atoms with Crippen LogP contribution < -0.4 is 30.7 Å². The first kappa shape index (κ1) is 22.0. The lowest BCUT2D eigenvalue weighted by molar-refractivity contribution is 0.238. The number of carbonyl (C=O) groups excluding carboxylic acids is 1. The molecule has 1 atom stereocenters. The molecule has 4 N–H and O–H groups in total. The van der Waals surface area contributed by atoms with E-state index in [1.807, 2.05) is 28.9 Å². The highest BCUT2D eigenvalue weighted by atomic mass is 35.5. The van der Waals surface area contributed by atoms with Crippen LogP contribution in [0.25, 0.3) is 16.9 Å². The van der Waals surface area contributed by atoms with Gasteiger partial charge in [-0.3, -0.25) is 0 Å². The Bertz CT molecular complexity index is 1120. The Hall–Kier alpha value is -3.17. The van der Waals surface area contributed by atoms with Crippen LogP contribution in [0.2, 0.25) is 5.02 Å². The van der Waals surface area contributed by atoms with E-state index < -0.39 is 0 Å². The van der Waals surface area contributed by atoms with Crippen molar-refractivity contribution in [3.63, 3.8) is 0 Å². The van der Waals surface area contributed by atoms with Crippen molar-refractivity contribution in [1.82, 2.24) is 20.0 Å². The van der Waals surface area contributed by atoms with Gasteiger partial charge in [-0.15, -0.1) is 0 Å². The van der Waals surface area contributed by atoms with Gasteiger partial charge in [0.1, 0.15) is 17.1 Å². The van der Waals surface area contributed by atoms with Crippen molar-refractivity contribution in [2.24, 2.45) is 5.73 Å². The number of urea groups is 1. The van der Waals surface area contributed by atoms with E-state index in [2.05, 4.69) is 15.5 Å². The van der Waals surface area contributed by atoms with Crippen molar-refractivity contribution >= 4 is 29.0 Å². The molecule has 0 spiro atoms. The van der Waals surface area contributed by atoms with Gasteiger partial charge < -0.3 is 35.1 Å². The van der Waals surface area contributed by atoms with Gasteiger partial charge in [0.15, 0.2) is 0 Å². The molecule has 1 aromatic carbocycles. The van der Waals surface area contributed by atoms with E-state index in [9.17, 15) is 4.79 Å². The highest BCUT2D eigenvalue weighted by Gasteiger charge is 2.24. The number of nitrogens with zero attached hydrogens (tertiary/aromatic N) is 3. The van der Waals surface area contributed by atoms with E-state index >= 15 is 0 Å². The number of hydrogen-bond donors (Lipinski definition) is 3. The van der Waals surface area contributed by atoms with Gasteiger partial charge in [-0.25, -0.2) is 9.78 Å². The van der Waals surface area contributed by atoms with Gasteiger partial charge in [0, 0.05) is 68.0 Å². The molecule has 0 saturated carbocycles. The molecule has 3 heterocycles. The number of amides is 2. The van der Waals surface area contributed by atoms with Crippen molar-refractivity contribution in [2.45, 2.75) is 12.5 Å². The van der Waals surface area contributed by atoms with Crippen LogP contribution in [0.4, 0.5) is 10.5 Å². The Kier molecular flexibility index (Phi) is 6.57. The zero-order valence-electron chi connectivity index (χ0n) is 18.1. The van der Waals surface area contributed by atoms with Crippen molar-refractivity contribution in [3.8, 4) is 22.8 Å². The van der Waals surface area contributed by atoms with Crippen LogP contribution in [-0.4, -0.2) is 61.9 Å². The van der Waals surface area contributed by atoms with Gasteiger partial charge in [-0.1, -0.05) is 11.6 Å². The number of benzene rings is 1. The first-order valence-corrected chi connectivity index (χ1v) is 10.8. The third-order valence-corrected chi connectivity index (χ3v) is 5.81. The zero-order valence-corrected chi connectivity index (χ0v) is 18.9. The van der Waals surface area contributed by atoms with Gasteiger partial charge in [-0.05, 0) is 18.6 Å². The molecule has 1 saturated heterocycles. The van der Waals surface area contributed by atoms with Crippen molar-refractivity contribution in [3.05, 3.63) is 41.7 Å². The number of aromatic nitrogens is 2. The summed E-state index contributed by atoms with van der Waals surface area (Å²) in [4.78, 5) is 18.9. The number of hydrogen-bond acceptors (Lipinski definition) is 6. The standard InChI is InChI=1S/C22H27ClN6O3/c1-31-19-11-20(32-2)17(23)10-16(19)18-13-29-8-4-15(9-21(29)27-18)28-7-3-14(12-28)26-22(30)25-6-5-24/h4,8-11,13-14H,3,5-7,12,24H2,1-2H3,(H2,25,26,30). The molecule has 1 aliphatic rings. The molecule has 1 unspecified atom stereocenters.